The summed E-state index contributed by atoms with van der Waals surface area (Å²) in [5.74, 6) is 0.489. The first-order valence-corrected chi connectivity index (χ1v) is 7.04. The molecule has 1 amide bonds. The molecule has 2 aromatic rings. The van der Waals surface area contributed by atoms with E-state index in [0.717, 1.165) is 18.0 Å². The van der Waals surface area contributed by atoms with Crippen molar-refractivity contribution in [3.63, 3.8) is 0 Å². The molecular formula is C13H16N4OS. The van der Waals surface area contributed by atoms with Gasteiger partial charge in [-0.3, -0.25) is 4.79 Å². The predicted molar refractivity (Wildman–Crippen MR) is 76.3 cm³/mol. The van der Waals surface area contributed by atoms with Gasteiger partial charge in [0.1, 0.15) is 10.8 Å². The Bertz CT molecular complexity index is 527. The largest absolute Gasteiger partial charge is 0.369 e. The highest BCUT2D eigenvalue weighted by molar-refractivity contribution is 7.09. The lowest BCUT2D eigenvalue weighted by atomic mass is 10.2. The van der Waals surface area contributed by atoms with E-state index in [1.54, 1.807) is 24.5 Å². The lowest BCUT2D eigenvalue weighted by Gasteiger charge is -2.09. The first-order chi connectivity index (χ1) is 9.31. The molecule has 6 heteroatoms. The van der Waals surface area contributed by atoms with Crippen LogP contribution in [0.25, 0.3) is 0 Å². The number of rotatable bonds is 6. The number of thiazole rings is 1. The zero-order valence-electron chi connectivity index (χ0n) is 10.7. The number of aromatic nitrogens is 2. The average Bonchev–Trinajstić information content (AvgIpc) is 2.96. The maximum atomic E-state index is 12.1. The number of amides is 1. The first kappa shape index (κ1) is 13.5. The Morgan fingerprint density at radius 1 is 1.37 bits per heavy atom. The molecule has 0 radical (unpaired) electrons. The van der Waals surface area contributed by atoms with Crippen molar-refractivity contribution in [2.75, 3.05) is 11.9 Å². The normalized spacial score (nSPS) is 10.2. The first-order valence-electron chi connectivity index (χ1n) is 6.16. The van der Waals surface area contributed by atoms with Gasteiger partial charge in [-0.05, 0) is 18.6 Å². The molecule has 100 valence electrons. The van der Waals surface area contributed by atoms with Crippen LogP contribution in [0.1, 0.15) is 28.7 Å². The second kappa shape index (κ2) is 6.84. The third-order valence-corrected chi connectivity index (χ3v) is 3.26. The fourth-order valence-electron chi connectivity index (χ4n) is 1.56. The Morgan fingerprint density at radius 2 is 2.26 bits per heavy atom. The molecule has 0 spiro atoms. The van der Waals surface area contributed by atoms with Crippen molar-refractivity contribution in [1.29, 1.82) is 0 Å². The standard InChI is InChI=1S/C13H16N4OS/c1-2-5-15-12-10(4-3-6-16-12)13(18)17-9-11-14-7-8-19-11/h3-4,6-8H,2,5,9H2,1H3,(H,15,16)(H,17,18). The van der Waals surface area contributed by atoms with Crippen molar-refractivity contribution in [2.45, 2.75) is 19.9 Å². The molecule has 2 aromatic heterocycles. The lowest BCUT2D eigenvalue weighted by molar-refractivity contribution is 0.0951. The third kappa shape index (κ3) is 3.75. The topological polar surface area (TPSA) is 66.9 Å². The molecule has 0 saturated heterocycles. The summed E-state index contributed by atoms with van der Waals surface area (Å²) in [5, 5.41) is 8.78. The van der Waals surface area contributed by atoms with Crippen molar-refractivity contribution < 1.29 is 4.79 Å². The number of hydrogen-bond donors (Lipinski definition) is 2. The van der Waals surface area contributed by atoms with Gasteiger partial charge in [0.15, 0.2) is 0 Å². The van der Waals surface area contributed by atoms with Crippen molar-refractivity contribution in [3.8, 4) is 0 Å². The van der Waals surface area contributed by atoms with Crippen LogP contribution in [-0.4, -0.2) is 22.4 Å². The Morgan fingerprint density at radius 3 is 3.00 bits per heavy atom. The molecule has 2 rings (SSSR count). The molecule has 0 bridgehead atoms. The number of anilines is 1. The van der Waals surface area contributed by atoms with E-state index in [-0.39, 0.29) is 5.91 Å². The number of carbonyl (C=O) groups is 1. The van der Waals surface area contributed by atoms with Gasteiger partial charge in [0, 0.05) is 24.3 Å². The van der Waals surface area contributed by atoms with Crippen LogP contribution < -0.4 is 10.6 Å². The van der Waals surface area contributed by atoms with Crippen LogP contribution in [0, 0.1) is 0 Å². The molecule has 2 heterocycles. The Labute approximate surface area is 116 Å². The minimum atomic E-state index is -0.137. The number of hydrogen-bond acceptors (Lipinski definition) is 5. The van der Waals surface area contributed by atoms with Crippen LogP contribution in [0.15, 0.2) is 29.9 Å². The molecule has 0 saturated carbocycles. The molecule has 0 aromatic carbocycles. The predicted octanol–water partition coefficient (Wildman–Crippen LogP) is 2.29. The van der Waals surface area contributed by atoms with Crippen LogP contribution in [0.5, 0.6) is 0 Å². The van der Waals surface area contributed by atoms with E-state index >= 15 is 0 Å². The Kier molecular flexibility index (Phi) is 4.85. The van der Waals surface area contributed by atoms with E-state index in [0.29, 0.717) is 17.9 Å². The SMILES string of the molecule is CCCNc1ncccc1C(=O)NCc1nccs1. The number of carbonyl (C=O) groups excluding carboxylic acids is 1. The zero-order chi connectivity index (χ0) is 13.5. The molecule has 0 unspecified atom stereocenters. The maximum absolute atomic E-state index is 12.1. The Hall–Kier alpha value is -1.95. The fraction of sp³-hybridized carbons (Fsp3) is 0.308. The van der Waals surface area contributed by atoms with Crippen molar-refractivity contribution in [1.82, 2.24) is 15.3 Å². The molecule has 5 nitrogen and oxygen atoms in total. The van der Waals surface area contributed by atoms with Gasteiger partial charge >= 0.3 is 0 Å². The van der Waals surface area contributed by atoms with E-state index in [4.69, 9.17) is 0 Å². The van der Waals surface area contributed by atoms with Crippen molar-refractivity contribution >= 4 is 23.1 Å². The van der Waals surface area contributed by atoms with Crippen molar-refractivity contribution in [2.24, 2.45) is 0 Å². The van der Waals surface area contributed by atoms with E-state index in [9.17, 15) is 4.79 Å². The summed E-state index contributed by atoms with van der Waals surface area (Å²) in [5.41, 5.74) is 0.563. The van der Waals surface area contributed by atoms with Gasteiger partial charge in [-0.2, -0.15) is 0 Å². The van der Waals surface area contributed by atoms with Crippen LogP contribution >= 0.6 is 11.3 Å². The van der Waals surface area contributed by atoms with Gasteiger partial charge in [-0.1, -0.05) is 6.92 Å². The quantitative estimate of drug-likeness (QED) is 0.849. The molecule has 0 atom stereocenters. The summed E-state index contributed by atoms with van der Waals surface area (Å²) in [6, 6.07) is 3.53. The van der Waals surface area contributed by atoms with E-state index in [1.807, 2.05) is 5.38 Å². The van der Waals surface area contributed by atoms with E-state index in [1.165, 1.54) is 11.3 Å². The van der Waals surface area contributed by atoms with E-state index in [2.05, 4.69) is 27.5 Å². The summed E-state index contributed by atoms with van der Waals surface area (Å²) in [6.45, 7) is 3.31. The average molecular weight is 276 g/mol. The maximum Gasteiger partial charge on any atom is 0.255 e. The molecule has 0 aliphatic heterocycles. The molecule has 0 aliphatic rings. The van der Waals surface area contributed by atoms with Gasteiger partial charge in [0.25, 0.3) is 5.91 Å². The molecule has 2 N–H and O–H groups in total. The minimum absolute atomic E-state index is 0.137. The number of pyridine rings is 1. The number of nitrogens with zero attached hydrogens (tertiary/aromatic N) is 2. The highest BCUT2D eigenvalue weighted by Gasteiger charge is 2.11. The van der Waals surface area contributed by atoms with Gasteiger partial charge in [-0.15, -0.1) is 11.3 Å². The monoisotopic (exact) mass is 276 g/mol. The minimum Gasteiger partial charge on any atom is -0.369 e. The highest BCUT2D eigenvalue weighted by atomic mass is 32.1. The summed E-state index contributed by atoms with van der Waals surface area (Å²) in [7, 11) is 0. The summed E-state index contributed by atoms with van der Waals surface area (Å²) >= 11 is 1.52. The molecule has 0 aliphatic carbocycles. The lowest BCUT2D eigenvalue weighted by Crippen LogP contribution is -2.24. The van der Waals surface area contributed by atoms with Crippen LogP contribution in [0.4, 0.5) is 5.82 Å². The zero-order valence-corrected chi connectivity index (χ0v) is 11.5. The van der Waals surface area contributed by atoms with Gasteiger partial charge in [0.05, 0.1) is 12.1 Å². The Balaban J connectivity index is 2.01. The van der Waals surface area contributed by atoms with Crippen LogP contribution in [0.2, 0.25) is 0 Å². The van der Waals surface area contributed by atoms with Gasteiger partial charge < -0.3 is 10.6 Å². The van der Waals surface area contributed by atoms with E-state index < -0.39 is 0 Å². The smallest absolute Gasteiger partial charge is 0.255 e. The van der Waals surface area contributed by atoms with Crippen LogP contribution in [-0.2, 0) is 6.54 Å². The fourth-order valence-corrected chi connectivity index (χ4v) is 2.12. The third-order valence-electron chi connectivity index (χ3n) is 2.48. The van der Waals surface area contributed by atoms with Gasteiger partial charge in [-0.25, -0.2) is 9.97 Å². The molecule has 0 fully saturated rings. The summed E-state index contributed by atoms with van der Waals surface area (Å²) in [6.07, 6.45) is 4.39. The number of nitrogens with one attached hydrogen (secondary N) is 2. The molecular weight excluding hydrogens is 260 g/mol. The molecule has 19 heavy (non-hydrogen) atoms. The highest BCUT2D eigenvalue weighted by Crippen LogP contribution is 2.12. The summed E-state index contributed by atoms with van der Waals surface area (Å²) in [4.78, 5) is 20.4. The van der Waals surface area contributed by atoms with Crippen LogP contribution in [0.3, 0.4) is 0 Å². The van der Waals surface area contributed by atoms with Gasteiger partial charge in [0.2, 0.25) is 0 Å². The second-order valence-corrected chi connectivity index (χ2v) is 4.91. The second-order valence-electron chi connectivity index (χ2n) is 3.93. The van der Waals surface area contributed by atoms with Crippen molar-refractivity contribution in [3.05, 3.63) is 40.5 Å². The summed E-state index contributed by atoms with van der Waals surface area (Å²) < 4.78 is 0.